The van der Waals surface area contributed by atoms with Crippen LogP contribution in [0.3, 0.4) is 0 Å². The van der Waals surface area contributed by atoms with Gasteiger partial charge in [0.15, 0.2) is 0 Å². The molecule has 0 atom stereocenters. The molecule has 0 saturated carbocycles. The van der Waals surface area contributed by atoms with Crippen molar-refractivity contribution in [1.82, 2.24) is 14.8 Å². The number of nitrogens with one attached hydrogen (secondary N) is 1. The van der Waals surface area contributed by atoms with Crippen LogP contribution in [-0.4, -0.2) is 14.8 Å². The van der Waals surface area contributed by atoms with Gasteiger partial charge in [-0.3, -0.25) is 19.6 Å². The Morgan fingerprint density at radius 1 is 1.47 bits per heavy atom. The van der Waals surface area contributed by atoms with E-state index in [2.05, 4.69) is 10.1 Å². The second kappa shape index (κ2) is 3.70. The first-order chi connectivity index (χ1) is 7.24. The van der Waals surface area contributed by atoms with Gasteiger partial charge in [-0.15, -0.1) is 0 Å². The van der Waals surface area contributed by atoms with E-state index in [0.29, 0.717) is 5.56 Å². The molecule has 2 aromatic rings. The molecule has 2 heterocycles. The minimum atomic E-state index is -0.0793. The Balaban J connectivity index is 2.64. The predicted molar refractivity (Wildman–Crippen MR) is 57.2 cm³/mol. The first kappa shape index (κ1) is 9.67. The quantitative estimate of drug-likeness (QED) is 0.735. The van der Waals surface area contributed by atoms with Gasteiger partial charge in [0.25, 0.3) is 5.56 Å². The van der Waals surface area contributed by atoms with Crippen LogP contribution in [0.25, 0.3) is 11.3 Å². The maximum absolute atomic E-state index is 11.6. The van der Waals surface area contributed by atoms with Crippen molar-refractivity contribution in [2.24, 2.45) is 12.8 Å². The molecule has 2 rings (SSSR count). The summed E-state index contributed by atoms with van der Waals surface area (Å²) in [5, 5.41) is 2.98. The third-order valence-corrected chi connectivity index (χ3v) is 2.32. The van der Waals surface area contributed by atoms with Crippen LogP contribution in [0, 0.1) is 0 Å². The van der Waals surface area contributed by atoms with E-state index in [0.717, 1.165) is 11.3 Å². The van der Waals surface area contributed by atoms with E-state index in [4.69, 9.17) is 5.73 Å². The van der Waals surface area contributed by atoms with Crippen molar-refractivity contribution in [2.45, 2.75) is 6.54 Å². The van der Waals surface area contributed by atoms with Crippen molar-refractivity contribution >= 4 is 0 Å². The van der Waals surface area contributed by atoms with Gasteiger partial charge in [0.2, 0.25) is 0 Å². The number of rotatable bonds is 2. The summed E-state index contributed by atoms with van der Waals surface area (Å²) in [5.41, 5.74) is 7.76. The summed E-state index contributed by atoms with van der Waals surface area (Å²) in [6.45, 7) is 0.230. The molecular weight excluding hydrogens is 192 g/mol. The summed E-state index contributed by atoms with van der Waals surface area (Å²) in [4.78, 5) is 15.6. The van der Waals surface area contributed by atoms with Gasteiger partial charge in [0, 0.05) is 31.5 Å². The molecule has 0 aromatic carbocycles. The Labute approximate surface area is 86.5 Å². The highest BCUT2D eigenvalue weighted by Crippen LogP contribution is 2.17. The highest BCUT2D eigenvalue weighted by atomic mass is 16.1. The first-order valence-electron chi connectivity index (χ1n) is 4.62. The fraction of sp³-hybridized carbons (Fsp3) is 0.200. The largest absolute Gasteiger partial charge is 0.326 e. The highest BCUT2D eigenvalue weighted by Gasteiger charge is 2.11. The molecule has 0 fully saturated rings. The van der Waals surface area contributed by atoms with E-state index in [1.165, 1.54) is 4.68 Å². The lowest BCUT2D eigenvalue weighted by Gasteiger charge is -1.98. The van der Waals surface area contributed by atoms with Crippen molar-refractivity contribution in [3.8, 4) is 11.3 Å². The molecule has 2 aromatic heterocycles. The number of aromatic nitrogens is 3. The van der Waals surface area contributed by atoms with Gasteiger partial charge in [-0.2, -0.15) is 0 Å². The second-order valence-electron chi connectivity index (χ2n) is 3.27. The van der Waals surface area contributed by atoms with E-state index in [1.54, 1.807) is 19.4 Å². The summed E-state index contributed by atoms with van der Waals surface area (Å²) in [6, 6.07) is 3.68. The molecule has 0 spiro atoms. The molecule has 15 heavy (non-hydrogen) atoms. The monoisotopic (exact) mass is 204 g/mol. The van der Waals surface area contributed by atoms with E-state index in [9.17, 15) is 4.79 Å². The molecule has 0 aliphatic rings. The molecule has 0 unspecified atom stereocenters. The van der Waals surface area contributed by atoms with Crippen LogP contribution in [0.4, 0.5) is 0 Å². The summed E-state index contributed by atoms with van der Waals surface area (Å²) in [7, 11) is 1.67. The van der Waals surface area contributed by atoms with E-state index >= 15 is 0 Å². The zero-order valence-electron chi connectivity index (χ0n) is 8.40. The summed E-state index contributed by atoms with van der Waals surface area (Å²) >= 11 is 0. The minimum absolute atomic E-state index is 0.0793. The van der Waals surface area contributed by atoms with E-state index in [1.807, 2.05) is 12.1 Å². The van der Waals surface area contributed by atoms with Gasteiger partial charge >= 0.3 is 0 Å². The van der Waals surface area contributed by atoms with E-state index < -0.39 is 0 Å². The molecule has 0 radical (unpaired) electrons. The van der Waals surface area contributed by atoms with Crippen LogP contribution < -0.4 is 11.3 Å². The molecule has 0 aliphatic carbocycles. The summed E-state index contributed by atoms with van der Waals surface area (Å²) in [5.74, 6) is 0. The van der Waals surface area contributed by atoms with Crippen molar-refractivity contribution < 1.29 is 0 Å². The number of hydrogen-bond donors (Lipinski definition) is 2. The van der Waals surface area contributed by atoms with Crippen LogP contribution in [0.5, 0.6) is 0 Å². The summed E-state index contributed by atoms with van der Waals surface area (Å²) < 4.78 is 1.43. The Kier molecular flexibility index (Phi) is 2.39. The number of nitrogens with two attached hydrogens (primary N) is 1. The maximum atomic E-state index is 11.6. The van der Waals surface area contributed by atoms with Gasteiger partial charge < -0.3 is 5.73 Å². The molecule has 0 saturated heterocycles. The fourth-order valence-corrected chi connectivity index (χ4v) is 1.54. The Morgan fingerprint density at radius 3 is 2.73 bits per heavy atom. The van der Waals surface area contributed by atoms with Crippen molar-refractivity contribution in [3.63, 3.8) is 0 Å². The van der Waals surface area contributed by atoms with Crippen molar-refractivity contribution in [2.75, 3.05) is 0 Å². The molecule has 3 N–H and O–H groups in total. The van der Waals surface area contributed by atoms with Gasteiger partial charge in [-0.25, -0.2) is 0 Å². The maximum Gasteiger partial charge on any atom is 0.271 e. The number of pyridine rings is 1. The Hall–Kier alpha value is -1.88. The normalized spacial score (nSPS) is 10.5. The molecular formula is C10H12N4O. The third kappa shape index (κ3) is 1.57. The zero-order chi connectivity index (χ0) is 10.8. The zero-order valence-corrected chi connectivity index (χ0v) is 8.40. The van der Waals surface area contributed by atoms with Crippen LogP contribution in [0.1, 0.15) is 5.56 Å². The van der Waals surface area contributed by atoms with E-state index in [-0.39, 0.29) is 12.1 Å². The van der Waals surface area contributed by atoms with Crippen LogP contribution in [0.2, 0.25) is 0 Å². The fourth-order valence-electron chi connectivity index (χ4n) is 1.54. The number of nitrogens with zero attached hydrogens (tertiary/aromatic N) is 2. The number of aromatic amines is 1. The Bertz CT molecular complexity index is 512. The average molecular weight is 204 g/mol. The standard InChI is InChI=1S/C10H12N4O/c1-14-10(15)8(6-11)9(13-14)7-2-4-12-5-3-7/h2-5,13H,6,11H2,1H3. The lowest BCUT2D eigenvalue weighted by molar-refractivity contribution is 0.739. The first-order valence-corrected chi connectivity index (χ1v) is 4.62. The van der Waals surface area contributed by atoms with Gasteiger partial charge in [-0.1, -0.05) is 0 Å². The molecule has 5 nitrogen and oxygen atoms in total. The number of aryl methyl sites for hydroxylation is 1. The predicted octanol–water partition coefficient (Wildman–Crippen LogP) is 0.234. The van der Waals surface area contributed by atoms with Gasteiger partial charge in [0.05, 0.1) is 11.3 Å². The van der Waals surface area contributed by atoms with Crippen LogP contribution in [0.15, 0.2) is 29.3 Å². The smallest absolute Gasteiger partial charge is 0.271 e. The lowest BCUT2D eigenvalue weighted by atomic mass is 10.1. The molecule has 78 valence electrons. The molecule has 0 aliphatic heterocycles. The SMILES string of the molecule is Cn1[nH]c(-c2ccncc2)c(CN)c1=O. The summed E-state index contributed by atoms with van der Waals surface area (Å²) in [6.07, 6.45) is 3.36. The average Bonchev–Trinajstić information content (AvgIpc) is 2.56. The van der Waals surface area contributed by atoms with Crippen LogP contribution in [-0.2, 0) is 13.6 Å². The minimum Gasteiger partial charge on any atom is -0.326 e. The van der Waals surface area contributed by atoms with Crippen molar-refractivity contribution in [1.29, 1.82) is 0 Å². The lowest BCUT2D eigenvalue weighted by Crippen LogP contribution is -2.17. The molecule has 5 heteroatoms. The highest BCUT2D eigenvalue weighted by molar-refractivity contribution is 5.61. The van der Waals surface area contributed by atoms with Gasteiger partial charge in [0.1, 0.15) is 0 Å². The van der Waals surface area contributed by atoms with Crippen molar-refractivity contribution in [3.05, 3.63) is 40.4 Å². The topological polar surface area (TPSA) is 76.7 Å². The number of H-pyrrole nitrogens is 1. The molecule has 0 amide bonds. The van der Waals surface area contributed by atoms with Gasteiger partial charge in [-0.05, 0) is 12.1 Å². The van der Waals surface area contributed by atoms with Crippen LogP contribution >= 0.6 is 0 Å². The Morgan fingerprint density at radius 2 is 2.13 bits per heavy atom. The second-order valence-corrected chi connectivity index (χ2v) is 3.27. The number of hydrogen-bond acceptors (Lipinski definition) is 3. The third-order valence-electron chi connectivity index (χ3n) is 2.32. The molecule has 0 bridgehead atoms.